The number of hydrogen-bond acceptors (Lipinski definition) is 1. The normalized spacial score (nSPS) is 31.6. The lowest BCUT2D eigenvalue weighted by Gasteiger charge is -1.91. The van der Waals surface area contributed by atoms with Crippen LogP contribution in [0.15, 0.2) is 12.2 Å². The summed E-state index contributed by atoms with van der Waals surface area (Å²) in [5, 5.41) is 0.840. The molecule has 0 aromatic rings. The van der Waals surface area contributed by atoms with Gasteiger partial charge in [-0.15, -0.1) is 0 Å². The highest BCUT2D eigenvalue weighted by molar-refractivity contribution is 8.00. The van der Waals surface area contributed by atoms with E-state index in [-0.39, 0.29) is 0 Å². The van der Waals surface area contributed by atoms with Gasteiger partial charge in [0.2, 0.25) is 0 Å². The molecule has 0 radical (unpaired) electrons. The number of rotatable bonds is 0. The van der Waals surface area contributed by atoms with Gasteiger partial charge in [-0.1, -0.05) is 19.1 Å². The molecule has 1 atom stereocenters. The minimum Gasteiger partial charge on any atom is -0.154 e. The Morgan fingerprint density at radius 1 is 1.86 bits per heavy atom. The van der Waals surface area contributed by atoms with E-state index < -0.39 is 0 Å². The van der Waals surface area contributed by atoms with Crippen LogP contribution < -0.4 is 0 Å². The van der Waals surface area contributed by atoms with Gasteiger partial charge in [-0.05, 0) is 6.42 Å². The van der Waals surface area contributed by atoms with E-state index in [2.05, 4.69) is 13.5 Å². The Kier molecular flexibility index (Phi) is 1.43. The zero-order chi connectivity index (χ0) is 5.28. The lowest BCUT2D eigenvalue weighted by Crippen LogP contribution is -1.83. The average Bonchev–Trinajstić information content (AvgIpc) is 1.87. The van der Waals surface area contributed by atoms with Crippen LogP contribution in [0.25, 0.3) is 0 Å². The lowest BCUT2D eigenvalue weighted by atomic mass is 10.2. The second-order valence-electron chi connectivity index (χ2n) is 2.08. The first kappa shape index (κ1) is 5.23. The molecule has 0 aromatic carbocycles. The molecule has 0 bridgehead atoms. The minimum atomic E-state index is 0.840. The van der Waals surface area contributed by atoms with Crippen molar-refractivity contribution < 1.29 is 0 Å². The summed E-state index contributed by atoms with van der Waals surface area (Å²) in [7, 11) is 0. The molecule has 1 unspecified atom stereocenters. The van der Waals surface area contributed by atoms with Gasteiger partial charge in [-0.25, -0.2) is 0 Å². The van der Waals surface area contributed by atoms with Gasteiger partial charge in [0.25, 0.3) is 0 Å². The van der Waals surface area contributed by atoms with Crippen molar-refractivity contribution in [3.63, 3.8) is 0 Å². The maximum Gasteiger partial charge on any atom is 0.0143 e. The van der Waals surface area contributed by atoms with Crippen LogP contribution in [0.4, 0.5) is 0 Å². The predicted molar refractivity (Wildman–Crippen MR) is 35.7 cm³/mol. The zero-order valence-electron chi connectivity index (χ0n) is 4.61. The molecule has 0 amide bonds. The third kappa shape index (κ3) is 1.23. The van der Waals surface area contributed by atoms with Crippen molar-refractivity contribution in [2.24, 2.45) is 0 Å². The van der Waals surface area contributed by atoms with E-state index in [1.807, 2.05) is 11.8 Å². The molecule has 1 rings (SSSR count). The molecule has 0 aromatic heterocycles. The molecular weight excluding hydrogens is 104 g/mol. The molecule has 40 valence electrons. The van der Waals surface area contributed by atoms with Crippen LogP contribution in [0.3, 0.4) is 0 Å². The molecular formula is C6H10S. The minimum absolute atomic E-state index is 0.840. The summed E-state index contributed by atoms with van der Waals surface area (Å²) in [6.07, 6.45) is 1.24. The Morgan fingerprint density at radius 3 is 2.71 bits per heavy atom. The highest BCUT2D eigenvalue weighted by Gasteiger charge is 2.11. The highest BCUT2D eigenvalue weighted by atomic mass is 32.2. The highest BCUT2D eigenvalue weighted by Crippen LogP contribution is 2.28. The standard InChI is InChI=1S/C6H10S/c1-5-3-6(2)7-4-5/h6H,1,3-4H2,2H3. The van der Waals surface area contributed by atoms with Crippen molar-refractivity contribution >= 4 is 11.8 Å². The van der Waals surface area contributed by atoms with Crippen molar-refractivity contribution in [2.45, 2.75) is 18.6 Å². The fourth-order valence-corrected chi connectivity index (χ4v) is 1.78. The SMILES string of the molecule is C=C1CSC(C)C1. The molecule has 1 saturated heterocycles. The Hall–Kier alpha value is 0.0900. The first-order valence-corrected chi connectivity index (χ1v) is 3.62. The van der Waals surface area contributed by atoms with Crippen LogP contribution >= 0.6 is 11.8 Å². The molecule has 0 nitrogen and oxygen atoms in total. The molecule has 0 spiro atoms. The third-order valence-corrected chi connectivity index (χ3v) is 2.46. The van der Waals surface area contributed by atoms with Gasteiger partial charge in [-0.3, -0.25) is 0 Å². The van der Waals surface area contributed by atoms with E-state index in [1.165, 1.54) is 17.7 Å². The van der Waals surface area contributed by atoms with E-state index >= 15 is 0 Å². The van der Waals surface area contributed by atoms with Crippen LogP contribution in [0, 0.1) is 0 Å². The summed E-state index contributed by atoms with van der Waals surface area (Å²) in [5.74, 6) is 1.20. The Bertz CT molecular complexity index is 86.2. The second kappa shape index (κ2) is 1.91. The Morgan fingerprint density at radius 2 is 2.57 bits per heavy atom. The Labute approximate surface area is 49.0 Å². The van der Waals surface area contributed by atoms with Crippen LogP contribution in [0.2, 0.25) is 0 Å². The second-order valence-corrected chi connectivity index (χ2v) is 3.50. The summed E-state index contributed by atoms with van der Waals surface area (Å²) >= 11 is 2.01. The first-order chi connectivity index (χ1) is 3.29. The summed E-state index contributed by atoms with van der Waals surface area (Å²) in [6.45, 7) is 6.14. The number of thioether (sulfide) groups is 1. The van der Waals surface area contributed by atoms with Crippen molar-refractivity contribution in [1.82, 2.24) is 0 Å². The van der Waals surface area contributed by atoms with Crippen LogP contribution in [0.1, 0.15) is 13.3 Å². The van der Waals surface area contributed by atoms with E-state index in [0.29, 0.717) is 0 Å². The van der Waals surface area contributed by atoms with Gasteiger partial charge in [0.05, 0.1) is 0 Å². The Balaban J connectivity index is 2.40. The monoisotopic (exact) mass is 114 g/mol. The molecule has 1 fully saturated rings. The van der Waals surface area contributed by atoms with Crippen LogP contribution in [-0.2, 0) is 0 Å². The van der Waals surface area contributed by atoms with Crippen molar-refractivity contribution in [1.29, 1.82) is 0 Å². The lowest BCUT2D eigenvalue weighted by molar-refractivity contribution is 0.971. The topological polar surface area (TPSA) is 0 Å². The first-order valence-electron chi connectivity index (χ1n) is 2.57. The quantitative estimate of drug-likeness (QED) is 0.434. The van der Waals surface area contributed by atoms with Gasteiger partial charge in [0.15, 0.2) is 0 Å². The summed E-state index contributed by atoms with van der Waals surface area (Å²) in [6, 6.07) is 0. The van der Waals surface area contributed by atoms with Crippen molar-refractivity contribution in [3.05, 3.63) is 12.2 Å². The fourth-order valence-electron chi connectivity index (χ4n) is 0.784. The maximum atomic E-state index is 3.88. The molecule has 1 heterocycles. The molecule has 1 aliphatic heterocycles. The van der Waals surface area contributed by atoms with Gasteiger partial charge in [0.1, 0.15) is 0 Å². The third-order valence-electron chi connectivity index (χ3n) is 1.15. The fraction of sp³-hybridized carbons (Fsp3) is 0.667. The molecule has 0 N–H and O–H groups in total. The van der Waals surface area contributed by atoms with Gasteiger partial charge >= 0.3 is 0 Å². The zero-order valence-corrected chi connectivity index (χ0v) is 5.42. The van der Waals surface area contributed by atoms with Gasteiger partial charge < -0.3 is 0 Å². The van der Waals surface area contributed by atoms with Crippen molar-refractivity contribution in [3.8, 4) is 0 Å². The summed E-state index contributed by atoms with van der Waals surface area (Å²) in [5.41, 5.74) is 1.41. The molecule has 7 heavy (non-hydrogen) atoms. The van der Waals surface area contributed by atoms with Gasteiger partial charge in [-0.2, -0.15) is 11.8 Å². The smallest absolute Gasteiger partial charge is 0.0143 e. The summed E-state index contributed by atoms with van der Waals surface area (Å²) in [4.78, 5) is 0. The molecule has 1 aliphatic rings. The molecule has 0 saturated carbocycles. The van der Waals surface area contributed by atoms with E-state index in [0.717, 1.165) is 5.25 Å². The van der Waals surface area contributed by atoms with Gasteiger partial charge in [0, 0.05) is 11.0 Å². The summed E-state index contributed by atoms with van der Waals surface area (Å²) < 4.78 is 0. The largest absolute Gasteiger partial charge is 0.154 e. The predicted octanol–water partition coefficient (Wildman–Crippen LogP) is 2.07. The molecule has 1 heteroatoms. The van der Waals surface area contributed by atoms with E-state index in [9.17, 15) is 0 Å². The van der Waals surface area contributed by atoms with Crippen LogP contribution in [-0.4, -0.2) is 11.0 Å². The van der Waals surface area contributed by atoms with E-state index in [1.54, 1.807) is 0 Å². The van der Waals surface area contributed by atoms with Crippen LogP contribution in [0.5, 0.6) is 0 Å². The molecule has 0 aliphatic carbocycles. The average molecular weight is 114 g/mol. The van der Waals surface area contributed by atoms with Crippen molar-refractivity contribution in [2.75, 3.05) is 5.75 Å². The maximum absolute atomic E-state index is 3.88. The number of hydrogen-bond donors (Lipinski definition) is 0. The van der Waals surface area contributed by atoms with E-state index in [4.69, 9.17) is 0 Å².